The maximum absolute atomic E-state index is 10.7. The number of carbonyl (C=O) groups excluding carboxylic acids is 1. The molecule has 7 heteroatoms. The number of hydrogen-bond donors (Lipinski definition) is 2. The molecular weight excluding hydrogens is 299 g/mol. The molecule has 0 bridgehead atoms. The molecule has 16 heavy (non-hydrogen) atoms. The van der Waals surface area contributed by atoms with Crippen LogP contribution in [-0.4, -0.2) is 24.5 Å². The van der Waals surface area contributed by atoms with Gasteiger partial charge in [-0.1, -0.05) is 11.6 Å². The standard InChI is InChI=1S/C9H8BrClN2O3/c1-16-9(15)13-12-4-5-2-6(11)3-7(10)8(5)14/h2-4,14H,1H3,(H,13,15)/b12-4-. The van der Waals surface area contributed by atoms with Gasteiger partial charge in [0.15, 0.2) is 0 Å². The lowest BCUT2D eigenvalue weighted by Gasteiger charge is -2.02. The number of aromatic hydroxyl groups is 1. The topological polar surface area (TPSA) is 70.9 Å². The van der Waals surface area contributed by atoms with E-state index in [1.807, 2.05) is 0 Å². The number of hydrogen-bond acceptors (Lipinski definition) is 4. The Morgan fingerprint density at radius 2 is 2.38 bits per heavy atom. The lowest BCUT2D eigenvalue weighted by atomic mass is 10.2. The number of amides is 1. The zero-order chi connectivity index (χ0) is 12.1. The number of nitrogens with one attached hydrogen (secondary N) is 1. The van der Waals surface area contributed by atoms with Crippen molar-refractivity contribution in [1.82, 2.24) is 5.43 Å². The minimum absolute atomic E-state index is 0.0141. The van der Waals surface area contributed by atoms with Gasteiger partial charge in [-0.3, -0.25) is 0 Å². The maximum Gasteiger partial charge on any atom is 0.427 e. The highest BCUT2D eigenvalue weighted by Gasteiger charge is 2.05. The van der Waals surface area contributed by atoms with Crippen LogP contribution in [0, 0.1) is 0 Å². The number of halogens is 2. The van der Waals surface area contributed by atoms with Crippen LogP contribution < -0.4 is 5.43 Å². The van der Waals surface area contributed by atoms with Crippen molar-refractivity contribution in [2.45, 2.75) is 0 Å². The summed E-state index contributed by atoms with van der Waals surface area (Å²) in [5.74, 6) is -0.0141. The number of benzene rings is 1. The molecule has 1 rings (SSSR count). The van der Waals surface area contributed by atoms with Crippen LogP contribution >= 0.6 is 27.5 Å². The molecule has 0 unspecified atom stereocenters. The molecule has 2 N–H and O–H groups in total. The van der Waals surface area contributed by atoms with Gasteiger partial charge in [-0.15, -0.1) is 0 Å². The van der Waals surface area contributed by atoms with Gasteiger partial charge in [0.05, 0.1) is 17.8 Å². The number of methoxy groups -OCH3 is 1. The van der Waals surface area contributed by atoms with E-state index in [0.717, 1.165) is 0 Å². The van der Waals surface area contributed by atoms with Gasteiger partial charge >= 0.3 is 6.09 Å². The van der Waals surface area contributed by atoms with E-state index in [-0.39, 0.29) is 5.75 Å². The number of ether oxygens (including phenoxy) is 1. The van der Waals surface area contributed by atoms with E-state index in [1.54, 1.807) is 6.07 Å². The molecule has 0 heterocycles. The van der Waals surface area contributed by atoms with Crippen LogP contribution in [0.3, 0.4) is 0 Å². The van der Waals surface area contributed by atoms with Gasteiger partial charge in [0, 0.05) is 10.6 Å². The molecule has 0 fully saturated rings. The summed E-state index contributed by atoms with van der Waals surface area (Å²) in [5, 5.41) is 13.6. The summed E-state index contributed by atoms with van der Waals surface area (Å²) in [6.45, 7) is 0. The Bertz CT molecular complexity index is 437. The number of hydrazone groups is 1. The third-order valence-corrected chi connectivity index (χ3v) is 2.43. The highest BCUT2D eigenvalue weighted by molar-refractivity contribution is 9.10. The second-order valence-corrected chi connectivity index (χ2v) is 3.98. The zero-order valence-electron chi connectivity index (χ0n) is 8.20. The number of rotatable bonds is 2. The summed E-state index contributed by atoms with van der Waals surface area (Å²) in [7, 11) is 1.22. The van der Waals surface area contributed by atoms with Crippen LogP contribution in [0.4, 0.5) is 4.79 Å². The van der Waals surface area contributed by atoms with Crippen molar-refractivity contribution in [1.29, 1.82) is 0 Å². The quantitative estimate of drug-likeness (QED) is 0.651. The Morgan fingerprint density at radius 1 is 1.69 bits per heavy atom. The van der Waals surface area contributed by atoms with Crippen molar-refractivity contribution < 1.29 is 14.6 Å². The summed E-state index contributed by atoms with van der Waals surface area (Å²) in [5.41, 5.74) is 2.46. The van der Waals surface area contributed by atoms with E-state index >= 15 is 0 Å². The highest BCUT2D eigenvalue weighted by atomic mass is 79.9. The molecule has 0 radical (unpaired) electrons. The van der Waals surface area contributed by atoms with Gasteiger partial charge in [0.1, 0.15) is 5.75 Å². The minimum atomic E-state index is -0.697. The summed E-state index contributed by atoms with van der Waals surface area (Å²) in [6.07, 6.45) is 0.555. The Labute approximate surface area is 105 Å². The van der Waals surface area contributed by atoms with E-state index in [4.69, 9.17) is 11.6 Å². The SMILES string of the molecule is COC(=O)N/N=C\c1cc(Cl)cc(Br)c1O. The fraction of sp³-hybridized carbons (Fsp3) is 0.111. The molecule has 5 nitrogen and oxygen atoms in total. The first kappa shape index (κ1) is 12.8. The molecule has 0 atom stereocenters. The molecule has 0 aliphatic heterocycles. The first-order valence-corrected chi connectivity index (χ1v) is 5.26. The molecule has 0 aliphatic carbocycles. The van der Waals surface area contributed by atoms with E-state index in [2.05, 4.69) is 31.2 Å². The average Bonchev–Trinajstić information content (AvgIpc) is 2.24. The van der Waals surface area contributed by atoms with Gasteiger partial charge in [0.2, 0.25) is 0 Å². The Hall–Kier alpha value is -1.27. The summed E-state index contributed by atoms with van der Waals surface area (Å²) in [6, 6.07) is 3.05. The van der Waals surface area contributed by atoms with Crippen LogP contribution in [0.5, 0.6) is 5.75 Å². The van der Waals surface area contributed by atoms with E-state index in [9.17, 15) is 9.90 Å². The predicted octanol–water partition coefficient (Wildman–Crippen LogP) is 2.50. The second kappa shape index (κ2) is 5.72. The van der Waals surface area contributed by atoms with Crippen molar-refractivity contribution in [2.24, 2.45) is 5.10 Å². The number of nitrogens with zero attached hydrogens (tertiary/aromatic N) is 1. The average molecular weight is 308 g/mol. The number of phenols is 1. The fourth-order valence-corrected chi connectivity index (χ4v) is 1.72. The van der Waals surface area contributed by atoms with Crippen molar-refractivity contribution in [3.63, 3.8) is 0 Å². The van der Waals surface area contributed by atoms with Gasteiger partial charge in [-0.05, 0) is 28.1 Å². The van der Waals surface area contributed by atoms with Crippen LogP contribution in [0.25, 0.3) is 0 Å². The van der Waals surface area contributed by atoms with Gasteiger partial charge in [0.25, 0.3) is 0 Å². The molecule has 0 aliphatic rings. The number of phenolic OH excluding ortho intramolecular Hbond substituents is 1. The first-order chi connectivity index (χ1) is 7.54. The van der Waals surface area contributed by atoms with Crippen LogP contribution in [-0.2, 0) is 4.74 Å². The lowest BCUT2D eigenvalue weighted by molar-refractivity contribution is 0.171. The predicted molar refractivity (Wildman–Crippen MR) is 64.0 cm³/mol. The summed E-state index contributed by atoms with van der Waals surface area (Å²) >= 11 is 8.90. The molecule has 1 amide bonds. The van der Waals surface area contributed by atoms with Crippen molar-refractivity contribution >= 4 is 39.8 Å². The molecule has 86 valence electrons. The van der Waals surface area contributed by atoms with Crippen LogP contribution in [0.1, 0.15) is 5.56 Å². The highest BCUT2D eigenvalue weighted by Crippen LogP contribution is 2.30. The second-order valence-electron chi connectivity index (χ2n) is 2.69. The molecule has 1 aromatic rings. The zero-order valence-corrected chi connectivity index (χ0v) is 10.5. The molecular formula is C9H8BrClN2O3. The van der Waals surface area contributed by atoms with Crippen molar-refractivity contribution in [3.8, 4) is 5.75 Å². The first-order valence-electron chi connectivity index (χ1n) is 4.09. The molecule has 0 saturated carbocycles. The summed E-state index contributed by atoms with van der Waals surface area (Å²) in [4.78, 5) is 10.7. The molecule has 0 spiro atoms. The maximum atomic E-state index is 10.7. The number of carbonyl (C=O) groups is 1. The molecule has 1 aromatic carbocycles. The van der Waals surface area contributed by atoms with Gasteiger partial charge < -0.3 is 9.84 Å². The van der Waals surface area contributed by atoms with Crippen molar-refractivity contribution in [3.05, 3.63) is 27.2 Å². The Morgan fingerprint density at radius 3 is 3.00 bits per heavy atom. The Balaban J connectivity index is 2.85. The minimum Gasteiger partial charge on any atom is -0.506 e. The van der Waals surface area contributed by atoms with Crippen molar-refractivity contribution in [2.75, 3.05) is 7.11 Å². The summed E-state index contributed by atoms with van der Waals surface area (Å²) < 4.78 is 4.75. The fourth-order valence-electron chi connectivity index (χ4n) is 0.884. The van der Waals surface area contributed by atoms with E-state index in [0.29, 0.717) is 15.1 Å². The van der Waals surface area contributed by atoms with E-state index < -0.39 is 6.09 Å². The van der Waals surface area contributed by atoms with E-state index in [1.165, 1.54) is 19.4 Å². The molecule has 0 saturated heterocycles. The van der Waals surface area contributed by atoms with Crippen LogP contribution in [0.15, 0.2) is 21.7 Å². The third kappa shape index (κ3) is 3.39. The van der Waals surface area contributed by atoms with Gasteiger partial charge in [-0.25, -0.2) is 10.2 Å². The van der Waals surface area contributed by atoms with Crippen LogP contribution in [0.2, 0.25) is 5.02 Å². The normalized spacial score (nSPS) is 10.4. The Kier molecular flexibility index (Phi) is 4.57. The monoisotopic (exact) mass is 306 g/mol. The van der Waals surface area contributed by atoms with Gasteiger partial charge in [-0.2, -0.15) is 5.10 Å². The lowest BCUT2D eigenvalue weighted by Crippen LogP contribution is -2.16. The third-order valence-electron chi connectivity index (χ3n) is 1.60. The molecule has 0 aromatic heterocycles. The largest absolute Gasteiger partial charge is 0.506 e. The smallest absolute Gasteiger partial charge is 0.427 e.